The molecular weight excluding hydrogens is 272 g/mol. The van der Waals surface area contributed by atoms with Gasteiger partial charge >= 0.3 is 0 Å². The van der Waals surface area contributed by atoms with Crippen molar-refractivity contribution in [2.75, 3.05) is 6.54 Å². The molecule has 0 amide bonds. The third-order valence-corrected chi connectivity index (χ3v) is 4.16. The zero-order chi connectivity index (χ0) is 13.0. The molecule has 18 heavy (non-hydrogen) atoms. The molecule has 1 fully saturated rings. The number of aryl methyl sites for hydroxylation is 1. The Morgan fingerprint density at radius 3 is 2.83 bits per heavy atom. The Kier molecular flexibility index (Phi) is 5.28. The Labute approximate surface area is 118 Å². The number of nitrogens with one attached hydrogen (secondary N) is 1. The molecule has 0 radical (unpaired) electrons. The molecule has 0 bridgehead atoms. The summed E-state index contributed by atoms with van der Waals surface area (Å²) in [5.74, 6) is -0.384. The Bertz CT molecular complexity index is 401. The van der Waals surface area contributed by atoms with Gasteiger partial charge in [-0.15, -0.1) is 0 Å². The second kappa shape index (κ2) is 6.74. The van der Waals surface area contributed by atoms with E-state index in [1.54, 1.807) is 0 Å². The number of rotatable bonds is 3. The van der Waals surface area contributed by atoms with Gasteiger partial charge in [0.15, 0.2) is 0 Å². The van der Waals surface area contributed by atoms with Gasteiger partial charge in [0.25, 0.3) is 0 Å². The molecule has 1 aliphatic rings. The predicted molar refractivity (Wildman–Crippen MR) is 75.0 cm³/mol. The van der Waals surface area contributed by atoms with Crippen molar-refractivity contribution in [2.45, 2.75) is 44.6 Å². The van der Waals surface area contributed by atoms with E-state index in [1.165, 1.54) is 37.8 Å². The average Bonchev–Trinajstić information content (AvgIpc) is 2.60. The van der Waals surface area contributed by atoms with E-state index in [1.807, 2.05) is 0 Å². The Balaban J connectivity index is 1.94. The van der Waals surface area contributed by atoms with E-state index in [0.717, 1.165) is 24.9 Å². The predicted octanol–water partition coefficient (Wildman–Crippen LogP) is 4.60. The Hall–Kier alpha value is -0.310. The number of hydrogen-bond donors (Lipinski definition) is 1. The van der Waals surface area contributed by atoms with Crippen LogP contribution in [0.1, 0.15) is 37.7 Å². The SMILES string of the molecule is Fc1cc(CCC2CCCCCN2)c(Cl)cc1Cl. The molecule has 1 unspecified atom stereocenters. The topological polar surface area (TPSA) is 12.0 Å². The monoisotopic (exact) mass is 289 g/mol. The molecule has 1 heterocycles. The van der Waals surface area contributed by atoms with E-state index in [9.17, 15) is 4.39 Å². The summed E-state index contributed by atoms with van der Waals surface area (Å²) in [6.45, 7) is 1.09. The molecule has 0 aromatic heterocycles. The van der Waals surface area contributed by atoms with Crippen molar-refractivity contribution >= 4 is 23.2 Å². The maximum Gasteiger partial charge on any atom is 0.142 e. The minimum absolute atomic E-state index is 0.0938. The fourth-order valence-corrected chi connectivity index (χ4v) is 2.91. The molecule has 1 aromatic carbocycles. The van der Waals surface area contributed by atoms with Gasteiger partial charge in [-0.3, -0.25) is 0 Å². The number of hydrogen-bond acceptors (Lipinski definition) is 1. The smallest absolute Gasteiger partial charge is 0.142 e. The second-order valence-corrected chi connectivity index (χ2v) is 5.71. The van der Waals surface area contributed by atoms with E-state index in [-0.39, 0.29) is 10.8 Å². The van der Waals surface area contributed by atoms with Gasteiger partial charge in [-0.25, -0.2) is 4.39 Å². The first-order valence-electron chi connectivity index (χ1n) is 6.53. The quantitative estimate of drug-likeness (QED) is 0.802. The van der Waals surface area contributed by atoms with Crippen LogP contribution in [0.2, 0.25) is 10.0 Å². The molecule has 4 heteroatoms. The third kappa shape index (κ3) is 3.84. The molecule has 1 nitrogen and oxygen atoms in total. The lowest BCUT2D eigenvalue weighted by Gasteiger charge is -2.16. The van der Waals surface area contributed by atoms with Gasteiger partial charge in [-0.2, -0.15) is 0 Å². The third-order valence-electron chi connectivity index (χ3n) is 3.51. The van der Waals surface area contributed by atoms with Gasteiger partial charge in [0.1, 0.15) is 5.82 Å². The molecule has 0 spiro atoms. The molecule has 0 saturated carbocycles. The van der Waals surface area contributed by atoms with Crippen molar-refractivity contribution in [2.24, 2.45) is 0 Å². The highest BCUT2D eigenvalue weighted by Crippen LogP contribution is 2.26. The fraction of sp³-hybridized carbons (Fsp3) is 0.571. The van der Waals surface area contributed by atoms with E-state index in [0.29, 0.717) is 11.1 Å². The van der Waals surface area contributed by atoms with Crippen LogP contribution in [0.4, 0.5) is 4.39 Å². The molecule has 1 aliphatic heterocycles. The lowest BCUT2D eigenvalue weighted by atomic mass is 10.0. The highest BCUT2D eigenvalue weighted by molar-refractivity contribution is 6.35. The molecule has 0 aliphatic carbocycles. The summed E-state index contributed by atoms with van der Waals surface area (Å²) in [7, 11) is 0. The van der Waals surface area contributed by atoms with Crippen molar-refractivity contribution < 1.29 is 4.39 Å². The molecule has 1 N–H and O–H groups in total. The van der Waals surface area contributed by atoms with Crippen LogP contribution in [0.3, 0.4) is 0 Å². The summed E-state index contributed by atoms with van der Waals surface area (Å²) >= 11 is 11.8. The first kappa shape index (κ1) is 14.1. The van der Waals surface area contributed by atoms with Crippen LogP contribution in [0.15, 0.2) is 12.1 Å². The van der Waals surface area contributed by atoms with Crippen molar-refractivity contribution in [1.29, 1.82) is 0 Å². The van der Waals surface area contributed by atoms with Crippen LogP contribution in [0.5, 0.6) is 0 Å². The summed E-state index contributed by atoms with van der Waals surface area (Å²) in [4.78, 5) is 0. The van der Waals surface area contributed by atoms with E-state index < -0.39 is 0 Å². The maximum absolute atomic E-state index is 13.4. The van der Waals surface area contributed by atoms with Crippen molar-refractivity contribution in [1.82, 2.24) is 5.32 Å². The van der Waals surface area contributed by atoms with Crippen molar-refractivity contribution in [3.05, 3.63) is 33.6 Å². The molecule has 1 atom stereocenters. The first-order valence-corrected chi connectivity index (χ1v) is 7.29. The highest BCUT2D eigenvalue weighted by Gasteiger charge is 2.13. The van der Waals surface area contributed by atoms with Gasteiger partial charge in [0, 0.05) is 11.1 Å². The number of halogens is 3. The largest absolute Gasteiger partial charge is 0.314 e. The van der Waals surface area contributed by atoms with Gasteiger partial charge in [-0.1, -0.05) is 36.0 Å². The fourth-order valence-electron chi connectivity index (χ4n) is 2.43. The van der Waals surface area contributed by atoms with E-state index in [4.69, 9.17) is 23.2 Å². The van der Waals surface area contributed by atoms with Gasteiger partial charge in [0.2, 0.25) is 0 Å². The van der Waals surface area contributed by atoms with Crippen LogP contribution in [-0.2, 0) is 6.42 Å². The molecule has 1 aromatic rings. The van der Waals surface area contributed by atoms with Gasteiger partial charge in [0.05, 0.1) is 5.02 Å². The maximum atomic E-state index is 13.4. The van der Waals surface area contributed by atoms with Crippen molar-refractivity contribution in [3.63, 3.8) is 0 Å². The van der Waals surface area contributed by atoms with E-state index >= 15 is 0 Å². The normalized spacial score (nSPS) is 20.7. The zero-order valence-corrected chi connectivity index (χ0v) is 11.8. The lowest BCUT2D eigenvalue weighted by molar-refractivity contribution is 0.478. The van der Waals surface area contributed by atoms with Crippen LogP contribution in [0.25, 0.3) is 0 Å². The van der Waals surface area contributed by atoms with Crippen LogP contribution in [0, 0.1) is 5.82 Å². The molecular formula is C14H18Cl2FN. The highest BCUT2D eigenvalue weighted by atomic mass is 35.5. The van der Waals surface area contributed by atoms with E-state index in [2.05, 4.69) is 5.32 Å². The lowest BCUT2D eigenvalue weighted by Crippen LogP contribution is -2.28. The zero-order valence-electron chi connectivity index (χ0n) is 10.3. The summed E-state index contributed by atoms with van der Waals surface area (Å²) in [5, 5.41) is 4.19. The Morgan fingerprint density at radius 2 is 2.00 bits per heavy atom. The Morgan fingerprint density at radius 1 is 1.17 bits per heavy atom. The minimum Gasteiger partial charge on any atom is -0.314 e. The molecule has 1 saturated heterocycles. The van der Waals surface area contributed by atoms with Crippen LogP contribution in [-0.4, -0.2) is 12.6 Å². The number of benzene rings is 1. The first-order chi connectivity index (χ1) is 8.66. The second-order valence-electron chi connectivity index (χ2n) is 4.90. The van der Waals surface area contributed by atoms with Crippen LogP contribution < -0.4 is 5.32 Å². The average molecular weight is 290 g/mol. The minimum atomic E-state index is -0.384. The standard InChI is InChI=1S/C14H18Cl2FN/c15-12-9-13(16)14(17)8-10(12)5-6-11-4-2-1-3-7-18-11/h8-9,11,18H,1-7H2. The summed E-state index contributed by atoms with van der Waals surface area (Å²) in [5.41, 5.74) is 0.851. The molecule has 100 valence electrons. The van der Waals surface area contributed by atoms with Crippen LogP contribution >= 0.6 is 23.2 Å². The van der Waals surface area contributed by atoms with Crippen molar-refractivity contribution in [3.8, 4) is 0 Å². The van der Waals surface area contributed by atoms with Gasteiger partial charge < -0.3 is 5.32 Å². The molecule has 2 rings (SSSR count). The summed E-state index contributed by atoms with van der Waals surface area (Å²) in [6, 6.07) is 3.48. The van der Waals surface area contributed by atoms with Gasteiger partial charge in [-0.05, 0) is 49.9 Å². The summed E-state index contributed by atoms with van der Waals surface area (Å²) in [6.07, 6.45) is 6.84. The summed E-state index contributed by atoms with van der Waals surface area (Å²) < 4.78 is 13.4.